The molecule has 4 amide bonds. The highest BCUT2D eigenvalue weighted by molar-refractivity contribution is 6.02. The molecule has 2 fully saturated rings. The summed E-state index contributed by atoms with van der Waals surface area (Å²) in [5.41, 5.74) is 10.3. The Morgan fingerprint density at radius 3 is 2.06 bits per heavy atom. The maximum atomic E-state index is 14.5. The molecule has 1 atom stereocenters. The van der Waals surface area contributed by atoms with E-state index < -0.39 is 35.8 Å². The minimum atomic E-state index is -5.08. The number of aromatic amines is 2. The Bertz CT molecular complexity index is 2380. The highest BCUT2D eigenvalue weighted by atomic mass is 19.4. The van der Waals surface area contributed by atoms with Gasteiger partial charge in [-0.3, -0.25) is 19.3 Å². The normalized spacial score (nSPS) is 19.4. The van der Waals surface area contributed by atoms with Gasteiger partial charge in [0.25, 0.3) is 5.91 Å². The number of imidazole rings is 1. The summed E-state index contributed by atoms with van der Waals surface area (Å²) in [6.45, 7) is 7.77. The zero-order chi connectivity index (χ0) is 47.8. The van der Waals surface area contributed by atoms with Crippen molar-refractivity contribution in [3.05, 3.63) is 82.0 Å². The summed E-state index contributed by atoms with van der Waals surface area (Å²) in [6, 6.07) is 16.1. The van der Waals surface area contributed by atoms with Crippen LogP contribution in [0.25, 0.3) is 22.2 Å². The fourth-order valence-electron chi connectivity index (χ4n) is 8.33. The molecule has 2 aromatic carbocycles. The van der Waals surface area contributed by atoms with Crippen LogP contribution in [0.2, 0.25) is 0 Å². The van der Waals surface area contributed by atoms with E-state index in [4.69, 9.17) is 20.4 Å². The zero-order valence-corrected chi connectivity index (χ0v) is 37.5. The number of alkyl carbamates (subject to hydrolysis) is 1. The molecule has 7 N–H and O–H groups in total. The van der Waals surface area contributed by atoms with Crippen molar-refractivity contribution in [1.82, 2.24) is 30.5 Å². The molecule has 2 heterocycles. The van der Waals surface area contributed by atoms with E-state index in [0.717, 1.165) is 48.1 Å². The average molecular weight is 909 g/mol. The van der Waals surface area contributed by atoms with Crippen molar-refractivity contribution in [1.29, 1.82) is 0 Å². The summed E-state index contributed by atoms with van der Waals surface area (Å²) < 4.78 is 37.1. The number of anilines is 1. The number of fused-ring (bicyclic) bond motifs is 1. The molecule has 0 radical (unpaired) electrons. The Morgan fingerprint density at radius 1 is 0.892 bits per heavy atom. The number of ether oxygens (including phenoxy) is 1. The number of alkyl halides is 3. The van der Waals surface area contributed by atoms with Gasteiger partial charge in [0.05, 0.1) is 11.0 Å². The molecule has 352 valence electrons. The van der Waals surface area contributed by atoms with Gasteiger partial charge < -0.3 is 41.1 Å². The molecule has 65 heavy (non-hydrogen) atoms. The van der Waals surface area contributed by atoms with E-state index in [0.29, 0.717) is 60.7 Å². The molecule has 2 saturated carbocycles. The van der Waals surface area contributed by atoms with E-state index >= 15 is 0 Å². The van der Waals surface area contributed by atoms with Crippen LogP contribution in [0.15, 0.2) is 59.4 Å². The average Bonchev–Trinajstić information content (AvgIpc) is 3.62. The standard InChI is InChI=1S/C44H58N8O6.C2HF3O2/c1-26-34(20-22-36(47-26)40(54)48-31-15-17-32(18-16-31)51(5)6)29-11-7-27(8-12-29)23-38(39(45)53)52(33-19-21-35-37(24-33)50-42(56)49-35)41(55)30-13-9-28(10-14-30)25-46-43(57)58-44(2,3)4;3-2(4,5)1(6)7/h7-8,11-12,19-22,24,28,30-32,38H,9-10,13-18,23,25H2,1-6H3,(H2,45,53)(H,46,57)(H,48,54)(H2,49,50,56);(H,6,7)/t28-,30-,31?,32?,38-;/m0./s1. The lowest BCUT2D eigenvalue weighted by Crippen LogP contribution is -2.52. The minimum absolute atomic E-state index is 0.142. The number of nitrogens with one attached hydrogen (secondary N) is 4. The Balaban J connectivity index is 0.00000105. The lowest BCUT2D eigenvalue weighted by atomic mass is 9.81. The largest absolute Gasteiger partial charge is 0.490 e. The number of nitrogens with zero attached hydrogens (tertiary/aromatic N) is 3. The zero-order valence-electron chi connectivity index (χ0n) is 37.5. The second kappa shape index (κ2) is 21.2. The lowest BCUT2D eigenvalue weighted by Gasteiger charge is -2.36. The SMILES string of the molecule is Cc1nc(C(=O)NC2CCC(N(C)C)CC2)ccc1-c1ccc(C[C@@H](C(N)=O)N(c2ccc3[nH]c(=O)[nH]c3c2)C(=O)[C@H]2CC[C@H](CNC(=O)OC(C)(C)C)CC2)cc1.O=C(O)C(F)(F)F. The minimum Gasteiger partial charge on any atom is -0.475 e. The number of carboxylic acids is 1. The number of benzene rings is 2. The molecular formula is C46H59F3N8O8. The van der Waals surface area contributed by atoms with E-state index in [1.54, 1.807) is 24.3 Å². The highest BCUT2D eigenvalue weighted by Gasteiger charge is 2.39. The van der Waals surface area contributed by atoms with E-state index in [2.05, 4.69) is 44.6 Å². The van der Waals surface area contributed by atoms with Crippen LogP contribution in [0.4, 0.5) is 23.7 Å². The third-order valence-electron chi connectivity index (χ3n) is 11.8. The molecule has 6 rings (SSSR count). The van der Waals surface area contributed by atoms with Crippen LogP contribution in [0.1, 0.15) is 93.9 Å². The van der Waals surface area contributed by atoms with Gasteiger partial charge in [-0.05, 0) is 134 Å². The topological polar surface area (TPSA) is 233 Å². The van der Waals surface area contributed by atoms with E-state index in [1.165, 1.54) is 4.90 Å². The summed E-state index contributed by atoms with van der Waals surface area (Å²) >= 11 is 0. The molecule has 0 bridgehead atoms. The summed E-state index contributed by atoms with van der Waals surface area (Å²) in [7, 11) is 4.20. The van der Waals surface area contributed by atoms with Crippen molar-refractivity contribution in [3.8, 4) is 11.1 Å². The van der Waals surface area contributed by atoms with Crippen LogP contribution in [-0.4, -0.2) is 105 Å². The van der Waals surface area contributed by atoms with Gasteiger partial charge >= 0.3 is 23.9 Å². The van der Waals surface area contributed by atoms with Gasteiger partial charge in [-0.25, -0.2) is 19.4 Å². The first kappa shape index (κ1) is 49.8. The number of hydrogen-bond acceptors (Lipinski definition) is 9. The number of pyridine rings is 1. The van der Waals surface area contributed by atoms with Crippen molar-refractivity contribution < 1.29 is 47.0 Å². The quantitative estimate of drug-likeness (QED) is 0.0939. The number of halogens is 3. The Hall–Kier alpha value is -6.24. The number of carbonyl (C=O) groups is 5. The first-order valence-corrected chi connectivity index (χ1v) is 21.6. The summed E-state index contributed by atoms with van der Waals surface area (Å²) in [4.78, 5) is 88.1. The molecule has 0 spiro atoms. The van der Waals surface area contributed by atoms with Crippen LogP contribution in [-0.2, 0) is 25.5 Å². The van der Waals surface area contributed by atoms with Crippen LogP contribution in [0.3, 0.4) is 0 Å². The fraction of sp³-hybridized carbons (Fsp3) is 0.500. The molecule has 0 aliphatic heterocycles. The van der Waals surface area contributed by atoms with Crippen molar-refractivity contribution >= 4 is 46.5 Å². The second-order valence-electron chi connectivity index (χ2n) is 18.0. The number of aliphatic carboxylic acids is 1. The monoisotopic (exact) mass is 908 g/mol. The number of aromatic nitrogens is 3. The number of hydrogen-bond donors (Lipinski definition) is 6. The Labute approximate surface area is 374 Å². The molecule has 2 aromatic heterocycles. The third-order valence-corrected chi connectivity index (χ3v) is 11.8. The number of carboxylic acid groups (broad SMARTS) is 1. The van der Waals surface area contributed by atoms with Gasteiger partial charge in [-0.1, -0.05) is 30.3 Å². The lowest BCUT2D eigenvalue weighted by molar-refractivity contribution is -0.192. The molecule has 16 nitrogen and oxygen atoms in total. The van der Waals surface area contributed by atoms with E-state index in [1.807, 2.05) is 58.0 Å². The highest BCUT2D eigenvalue weighted by Crippen LogP contribution is 2.34. The van der Waals surface area contributed by atoms with Crippen molar-refractivity contribution in [2.45, 2.75) is 115 Å². The van der Waals surface area contributed by atoms with Gasteiger partial charge in [0.2, 0.25) is 11.8 Å². The number of carbonyl (C=O) groups excluding carboxylic acids is 4. The number of H-pyrrole nitrogens is 2. The van der Waals surface area contributed by atoms with Gasteiger partial charge in [-0.2, -0.15) is 13.2 Å². The van der Waals surface area contributed by atoms with Gasteiger partial charge in [0.1, 0.15) is 17.3 Å². The van der Waals surface area contributed by atoms with Gasteiger partial charge in [-0.15, -0.1) is 0 Å². The van der Waals surface area contributed by atoms with Gasteiger partial charge in [0.15, 0.2) is 0 Å². The molecule has 2 aliphatic carbocycles. The first-order chi connectivity index (χ1) is 30.5. The predicted molar refractivity (Wildman–Crippen MR) is 238 cm³/mol. The van der Waals surface area contributed by atoms with Gasteiger partial charge in [0, 0.05) is 47.9 Å². The predicted octanol–water partition coefficient (Wildman–Crippen LogP) is 6.22. The molecule has 2 aliphatic rings. The summed E-state index contributed by atoms with van der Waals surface area (Å²) in [6.07, 6.45) is 1.18. The number of amides is 4. The summed E-state index contributed by atoms with van der Waals surface area (Å²) in [5.74, 6) is -3.99. The number of rotatable bonds is 12. The van der Waals surface area contributed by atoms with E-state index in [-0.39, 0.29) is 41.8 Å². The van der Waals surface area contributed by atoms with Crippen molar-refractivity contribution in [2.24, 2.45) is 17.6 Å². The van der Waals surface area contributed by atoms with Crippen LogP contribution in [0, 0.1) is 18.8 Å². The second-order valence-corrected chi connectivity index (χ2v) is 18.0. The number of primary amides is 1. The van der Waals surface area contributed by atoms with Crippen molar-refractivity contribution in [3.63, 3.8) is 0 Å². The molecule has 0 saturated heterocycles. The van der Waals surface area contributed by atoms with Crippen molar-refractivity contribution in [2.75, 3.05) is 25.5 Å². The van der Waals surface area contributed by atoms with Crippen LogP contribution in [0.5, 0.6) is 0 Å². The molecule has 19 heteroatoms. The fourth-order valence-corrected chi connectivity index (χ4v) is 8.33. The molecular weight excluding hydrogens is 850 g/mol. The number of nitrogens with two attached hydrogens (primary N) is 1. The Kier molecular flexibility index (Phi) is 16.2. The Morgan fingerprint density at radius 2 is 1.51 bits per heavy atom. The first-order valence-electron chi connectivity index (χ1n) is 21.6. The third kappa shape index (κ3) is 13.9. The molecule has 0 unspecified atom stereocenters. The maximum absolute atomic E-state index is 14.5. The maximum Gasteiger partial charge on any atom is 0.490 e. The van der Waals surface area contributed by atoms with E-state index in [9.17, 15) is 37.1 Å². The number of aryl methyl sites for hydroxylation is 1. The smallest absolute Gasteiger partial charge is 0.475 e. The molecule has 4 aromatic rings. The van der Waals surface area contributed by atoms with Crippen LogP contribution < -0.4 is 27.0 Å². The summed E-state index contributed by atoms with van der Waals surface area (Å²) in [5, 5.41) is 13.1. The van der Waals surface area contributed by atoms with Crippen LogP contribution >= 0.6 is 0 Å².